The average molecular weight is 279 g/mol. The Balaban J connectivity index is 2.84. The lowest BCUT2D eigenvalue weighted by molar-refractivity contribution is 0.189. The van der Waals surface area contributed by atoms with Gasteiger partial charge in [0.2, 0.25) is 0 Å². The Morgan fingerprint density at radius 1 is 1.53 bits per heavy atom. The molecule has 6 nitrogen and oxygen atoms in total. The molecule has 1 heterocycles. The van der Waals surface area contributed by atoms with Crippen LogP contribution < -0.4 is 5.73 Å². The molecule has 0 aliphatic heterocycles. The van der Waals surface area contributed by atoms with Crippen molar-refractivity contribution in [3.05, 3.63) is 5.69 Å². The standard InChI is InChI=1S/C9H17N3O3S2/c1-7-8(16-9(10)11-7)17(13,14)12(2)5-4-6-15-3/h4-6H2,1-3H3,(H2,10,11). The molecule has 0 amide bonds. The fourth-order valence-electron chi connectivity index (χ4n) is 1.34. The van der Waals surface area contributed by atoms with E-state index in [-0.39, 0.29) is 9.34 Å². The van der Waals surface area contributed by atoms with Gasteiger partial charge in [-0.2, -0.15) is 0 Å². The van der Waals surface area contributed by atoms with Crippen LogP contribution in [0.4, 0.5) is 5.13 Å². The van der Waals surface area contributed by atoms with Crippen molar-refractivity contribution in [3.8, 4) is 0 Å². The number of methoxy groups -OCH3 is 1. The summed E-state index contributed by atoms with van der Waals surface area (Å²) in [6, 6.07) is 0. The molecule has 1 aromatic heterocycles. The van der Waals surface area contributed by atoms with Gasteiger partial charge in [0.1, 0.15) is 0 Å². The van der Waals surface area contributed by atoms with Gasteiger partial charge in [-0.1, -0.05) is 11.3 Å². The van der Waals surface area contributed by atoms with Crippen molar-refractivity contribution >= 4 is 26.5 Å². The van der Waals surface area contributed by atoms with Crippen LogP contribution in [0.5, 0.6) is 0 Å². The Hall–Kier alpha value is -0.700. The third-order valence-corrected chi connectivity index (χ3v) is 5.67. The molecular formula is C9H17N3O3S2. The maximum Gasteiger partial charge on any atom is 0.254 e. The second-order valence-electron chi connectivity index (χ2n) is 3.60. The quantitative estimate of drug-likeness (QED) is 0.774. The van der Waals surface area contributed by atoms with Gasteiger partial charge in [0, 0.05) is 27.3 Å². The van der Waals surface area contributed by atoms with Crippen LogP contribution in [-0.2, 0) is 14.8 Å². The molecular weight excluding hydrogens is 262 g/mol. The number of nitrogens with two attached hydrogens (primary N) is 1. The lowest BCUT2D eigenvalue weighted by atomic mass is 10.5. The van der Waals surface area contributed by atoms with Crippen LogP contribution in [0.1, 0.15) is 12.1 Å². The van der Waals surface area contributed by atoms with E-state index >= 15 is 0 Å². The first-order valence-electron chi connectivity index (χ1n) is 5.07. The van der Waals surface area contributed by atoms with Gasteiger partial charge in [0.25, 0.3) is 10.0 Å². The summed E-state index contributed by atoms with van der Waals surface area (Å²) in [6.45, 7) is 2.58. The number of aromatic nitrogens is 1. The fourth-order valence-corrected chi connectivity index (χ4v) is 4.03. The van der Waals surface area contributed by atoms with Crippen LogP contribution in [0, 0.1) is 6.92 Å². The van der Waals surface area contributed by atoms with Gasteiger partial charge in [0.05, 0.1) is 5.69 Å². The molecule has 0 atom stereocenters. The van der Waals surface area contributed by atoms with Crippen LogP contribution in [0.2, 0.25) is 0 Å². The molecule has 0 aromatic carbocycles. The van der Waals surface area contributed by atoms with Crippen molar-refractivity contribution in [1.29, 1.82) is 0 Å². The second-order valence-corrected chi connectivity index (χ2v) is 6.87. The molecule has 1 aromatic rings. The van der Waals surface area contributed by atoms with Crippen molar-refractivity contribution in [3.63, 3.8) is 0 Å². The predicted molar refractivity (Wildman–Crippen MR) is 67.6 cm³/mol. The first-order valence-corrected chi connectivity index (χ1v) is 7.33. The Kier molecular flexibility index (Phi) is 4.87. The van der Waals surface area contributed by atoms with E-state index < -0.39 is 10.0 Å². The maximum atomic E-state index is 12.2. The van der Waals surface area contributed by atoms with Gasteiger partial charge in [-0.3, -0.25) is 0 Å². The Morgan fingerprint density at radius 3 is 2.65 bits per heavy atom. The van der Waals surface area contributed by atoms with Crippen LogP contribution in [0.3, 0.4) is 0 Å². The number of sulfonamides is 1. The zero-order valence-electron chi connectivity index (χ0n) is 10.1. The van der Waals surface area contributed by atoms with E-state index in [4.69, 9.17) is 10.5 Å². The Labute approximate surface area is 105 Å². The van der Waals surface area contributed by atoms with Crippen molar-refractivity contribution in [2.45, 2.75) is 17.6 Å². The summed E-state index contributed by atoms with van der Waals surface area (Å²) in [5, 5.41) is 0.270. The zero-order chi connectivity index (χ0) is 13.1. The fraction of sp³-hybridized carbons (Fsp3) is 0.667. The summed E-state index contributed by atoms with van der Waals surface area (Å²) >= 11 is 0.995. The molecule has 0 aliphatic carbocycles. The minimum absolute atomic E-state index is 0.218. The minimum Gasteiger partial charge on any atom is -0.385 e. The number of thiazole rings is 1. The van der Waals surface area contributed by atoms with E-state index in [1.807, 2.05) is 0 Å². The van der Waals surface area contributed by atoms with Crippen LogP contribution in [0.25, 0.3) is 0 Å². The topological polar surface area (TPSA) is 85.5 Å². The molecule has 1 rings (SSSR count). The summed E-state index contributed by atoms with van der Waals surface area (Å²) in [4.78, 5) is 3.92. The SMILES string of the molecule is COCCCN(C)S(=O)(=O)c1sc(N)nc1C. The normalized spacial score (nSPS) is 12.2. The molecule has 98 valence electrons. The number of hydrogen-bond acceptors (Lipinski definition) is 6. The van der Waals surface area contributed by atoms with Gasteiger partial charge < -0.3 is 10.5 Å². The number of anilines is 1. The summed E-state index contributed by atoms with van der Waals surface area (Å²) in [5.74, 6) is 0. The van der Waals surface area contributed by atoms with E-state index in [1.165, 1.54) is 4.31 Å². The van der Waals surface area contributed by atoms with E-state index in [0.29, 0.717) is 25.3 Å². The summed E-state index contributed by atoms with van der Waals surface area (Å²) in [6.07, 6.45) is 0.652. The molecule has 8 heteroatoms. The first kappa shape index (κ1) is 14.4. The maximum absolute atomic E-state index is 12.2. The Morgan fingerprint density at radius 2 is 2.18 bits per heavy atom. The molecule has 2 N–H and O–H groups in total. The number of rotatable bonds is 6. The molecule has 0 bridgehead atoms. The number of nitrogen functional groups attached to an aromatic ring is 1. The van der Waals surface area contributed by atoms with Crippen molar-refractivity contribution < 1.29 is 13.2 Å². The molecule has 0 saturated heterocycles. The van der Waals surface area contributed by atoms with E-state index in [0.717, 1.165) is 11.3 Å². The lowest BCUT2D eigenvalue weighted by Crippen LogP contribution is -2.28. The highest BCUT2D eigenvalue weighted by Crippen LogP contribution is 2.27. The van der Waals surface area contributed by atoms with Crippen LogP contribution in [-0.4, -0.2) is 45.0 Å². The highest BCUT2D eigenvalue weighted by molar-refractivity contribution is 7.91. The van der Waals surface area contributed by atoms with Gasteiger partial charge >= 0.3 is 0 Å². The monoisotopic (exact) mass is 279 g/mol. The third kappa shape index (κ3) is 3.38. The summed E-state index contributed by atoms with van der Waals surface area (Å²) in [7, 11) is -0.348. The average Bonchev–Trinajstić information content (AvgIpc) is 2.58. The lowest BCUT2D eigenvalue weighted by Gasteiger charge is -2.15. The predicted octanol–water partition coefficient (Wildman–Crippen LogP) is 0.691. The second kappa shape index (κ2) is 5.76. The first-order chi connectivity index (χ1) is 7.89. The summed E-state index contributed by atoms with van der Waals surface area (Å²) < 4.78 is 30.7. The number of aryl methyl sites for hydroxylation is 1. The third-order valence-electron chi connectivity index (χ3n) is 2.24. The van der Waals surface area contributed by atoms with Gasteiger partial charge in [-0.15, -0.1) is 0 Å². The smallest absolute Gasteiger partial charge is 0.254 e. The Bertz CT molecular complexity index is 470. The van der Waals surface area contributed by atoms with Crippen LogP contribution >= 0.6 is 11.3 Å². The number of ether oxygens (including phenoxy) is 1. The highest BCUT2D eigenvalue weighted by Gasteiger charge is 2.25. The molecule has 0 fully saturated rings. The molecule has 0 saturated carbocycles. The summed E-state index contributed by atoms with van der Waals surface area (Å²) in [5.41, 5.74) is 5.95. The van der Waals surface area contributed by atoms with Gasteiger partial charge in [0.15, 0.2) is 9.34 Å². The molecule has 0 spiro atoms. The van der Waals surface area contributed by atoms with E-state index in [1.54, 1.807) is 21.1 Å². The van der Waals surface area contributed by atoms with Crippen LogP contribution in [0.15, 0.2) is 4.21 Å². The minimum atomic E-state index is -3.48. The van der Waals surface area contributed by atoms with E-state index in [9.17, 15) is 8.42 Å². The largest absolute Gasteiger partial charge is 0.385 e. The van der Waals surface area contributed by atoms with E-state index in [2.05, 4.69) is 4.98 Å². The number of hydrogen-bond donors (Lipinski definition) is 1. The highest BCUT2D eigenvalue weighted by atomic mass is 32.2. The molecule has 17 heavy (non-hydrogen) atoms. The van der Waals surface area contributed by atoms with Crippen molar-refractivity contribution in [1.82, 2.24) is 9.29 Å². The number of nitrogens with zero attached hydrogens (tertiary/aromatic N) is 2. The van der Waals surface area contributed by atoms with Crippen molar-refractivity contribution in [2.24, 2.45) is 0 Å². The van der Waals surface area contributed by atoms with Gasteiger partial charge in [-0.25, -0.2) is 17.7 Å². The molecule has 0 radical (unpaired) electrons. The van der Waals surface area contributed by atoms with Gasteiger partial charge in [-0.05, 0) is 13.3 Å². The molecule has 0 aliphatic rings. The zero-order valence-corrected chi connectivity index (χ0v) is 11.8. The molecule has 0 unspecified atom stereocenters. The van der Waals surface area contributed by atoms with Crippen molar-refractivity contribution in [2.75, 3.05) is 33.0 Å².